The molecule has 2 N–H and O–H groups in total. The van der Waals surface area contributed by atoms with E-state index in [0.29, 0.717) is 12.3 Å². The van der Waals surface area contributed by atoms with Gasteiger partial charge in [0, 0.05) is 6.54 Å². The summed E-state index contributed by atoms with van der Waals surface area (Å²) in [6.07, 6.45) is 0.0685. The minimum Gasteiger partial charge on any atom is -0.488 e. The minimum absolute atomic E-state index is 0.197. The number of aliphatic hydroxyl groups excluding tert-OH is 1. The largest absolute Gasteiger partial charge is 0.488 e. The Kier molecular flexibility index (Phi) is 3.18. The lowest BCUT2D eigenvalue weighted by molar-refractivity contribution is 0.0162. The molecule has 0 aromatic heterocycles. The van der Waals surface area contributed by atoms with Crippen molar-refractivity contribution in [1.29, 1.82) is 0 Å². The van der Waals surface area contributed by atoms with Crippen LogP contribution in [0.25, 0.3) is 0 Å². The number of rotatable bonds is 2. The molecule has 0 radical (unpaired) electrons. The van der Waals surface area contributed by atoms with E-state index in [4.69, 9.17) is 4.74 Å². The lowest BCUT2D eigenvalue weighted by atomic mass is 10.1. The van der Waals surface area contributed by atoms with E-state index in [-0.39, 0.29) is 11.9 Å². The predicted octanol–water partition coefficient (Wildman–Crippen LogP) is 0.927. The van der Waals surface area contributed by atoms with Gasteiger partial charge in [0.25, 0.3) is 0 Å². The molecule has 82 valence electrons. The minimum atomic E-state index is -0.496. The lowest BCUT2D eigenvalue weighted by Crippen LogP contribution is -2.46. The van der Waals surface area contributed by atoms with E-state index in [0.717, 1.165) is 13.0 Å². The van der Waals surface area contributed by atoms with Crippen molar-refractivity contribution in [1.82, 2.24) is 5.32 Å². The van der Waals surface area contributed by atoms with E-state index in [2.05, 4.69) is 5.32 Å². The van der Waals surface area contributed by atoms with Gasteiger partial charge in [-0.05, 0) is 37.2 Å². The van der Waals surface area contributed by atoms with Crippen LogP contribution in [0.1, 0.15) is 6.42 Å². The number of β-amino-alcohol motifs (C(OH)–C–C–N with tert-alkyl or cyclic N) is 1. The molecule has 0 saturated carbocycles. The molecule has 1 aliphatic heterocycles. The zero-order chi connectivity index (χ0) is 10.7. The van der Waals surface area contributed by atoms with E-state index in [9.17, 15) is 9.50 Å². The fourth-order valence-electron chi connectivity index (χ4n) is 1.64. The van der Waals surface area contributed by atoms with Gasteiger partial charge in [-0.15, -0.1) is 0 Å². The first-order valence-corrected chi connectivity index (χ1v) is 5.07. The van der Waals surface area contributed by atoms with Gasteiger partial charge in [0.1, 0.15) is 23.8 Å². The van der Waals surface area contributed by atoms with Crippen LogP contribution in [0.3, 0.4) is 0 Å². The van der Waals surface area contributed by atoms with Crippen LogP contribution in [-0.2, 0) is 0 Å². The molecular formula is C11H14FNO2. The summed E-state index contributed by atoms with van der Waals surface area (Å²) in [5.41, 5.74) is 0. The molecule has 0 aliphatic carbocycles. The molecule has 1 aromatic rings. The third-order valence-corrected chi connectivity index (χ3v) is 2.49. The Labute approximate surface area is 87.9 Å². The smallest absolute Gasteiger partial charge is 0.127 e. The highest BCUT2D eigenvalue weighted by atomic mass is 19.1. The first-order chi connectivity index (χ1) is 7.25. The van der Waals surface area contributed by atoms with Crippen LogP contribution in [0.2, 0.25) is 0 Å². The highest BCUT2D eigenvalue weighted by Gasteiger charge is 2.24. The van der Waals surface area contributed by atoms with Crippen LogP contribution in [0.5, 0.6) is 5.75 Å². The summed E-state index contributed by atoms with van der Waals surface area (Å²) in [6, 6.07) is 5.85. The molecule has 15 heavy (non-hydrogen) atoms. The van der Waals surface area contributed by atoms with Crippen LogP contribution in [0.15, 0.2) is 24.3 Å². The lowest BCUT2D eigenvalue weighted by Gasteiger charge is -2.28. The second kappa shape index (κ2) is 4.59. The van der Waals surface area contributed by atoms with Crippen LogP contribution < -0.4 is 10.1 Å². The number of benzene rings is 1. The van der Waals surface area contributed by atoms with Crippen molar-refractivity contribution in [2.75, 3.05) is 13.1 Å². The first kappa shape index (κ1) is 10.4. The number of ether oxygens (including phenoxy) is 1. The summed E-state index contributed by atoms with van der Waals surface area (Å²) < 4.78 is 18.2. The maximum Gasteiger partial charge on any atom is 0.127 e. The zero-order valence-corrected chi connectivity index (χ0v) is 8.32. The van der Waals surface area contributed by atoms with E-state index in [1.807, 2.05) is 0 Å². The van der Waals surface area contributed by atoms with Crippen molar-refractivity contribution < 1.29 is 14.2 Å². The quantitative estimate of drug-likeness (QED) is 0.764. The van der Waals surface area contributed by atoms with Crippen molar-refractivity contribution in [3.63, 3.8) is 0 Å². The van der Waals surface area contributed by atoms with Crippen molar-refractivity contribution in [3.8, 4) is 5.75 Å². The molecule has 2 atom stereocenters. The number of hydrogen-bond donors (Lipinski definition) is 2. The first-order valence-electron chi connectivity index (χ1n) is 5.07. The molecule has 0 spiro atoms. The molecular weight excluding hydrogens is 197 g/mol. The van der Waals surface area contributed by atoms with Crippen molar-refractivity contribution in [3.05, 3.63) is 30.1 Å². The van der Waals surface area contributed by atoms with Crippen LogP contribution in [-0.4, -0.2) is 30.4 Å². The van der Waals surface area contributed by atoms with Gasteiger partial charge in [0.2, 0.25) is 0 Å². The van der Waals surface area contributed by atoms with Crippen LogP contribution >= 0.6 is 0 Å². The Balaban J connectivity index is 1.98. The van der Waals surface area contributed by atoms with Gasteiger partial charge in [-0.1, -0.05) is 0 Å². The zero-order valence-electron chi connectivity index (χ0n) is 8.32. The monoisotopic (exact) mass is 211 g/mol. The Hall–Kier alpha value is -1.13. The number of nitrogens with one attached hydrogen (secondary N) is 1. The normalized spacial score (nSPS) is 26.3. The van der Waals surface area contributed by atoms with Gasteiger partial charge < -0.3 is 15.2 Å². The summed E-state index contributed by atoms with van der Waals surface area (Å²) in [5, 5.41) is 12.7. The summed E-state index contributed by atoms with van der Waals surface area (Å²) in [4.78, 5) is 0. The molecule has 1 saturated heterocycles. The number of aliphatic hydroxyl groups is 1. The molecule has 4 heteroatoms. The van der Waals surface area contributed by atoms with Crippen LogP contribution in [0, 0.1) is 5.82 Å². The maximum absolute atomic E-state index is 12.6. The van der Waals surface area contributed by atoms with Crippen molar-refractivity contribution >= 4 is 0 Å². The number of halogens is 1. The van der Waals surface area contributed by atoms with E-state index < -0.39 is 6.10 Å². The average molecular weight is 211 g/mol. The molecule has 1 aromatic carbocycles. The predicted molar refractivity (Wildman–Crippen MR) is 54.3 cm³/mol. The highest BCUT2D eigenvalue weighted by molar-refractivity contribution is 5.22. The summed E-state index contributed by atoms with van der Waals surface area (Å²) in [6.45, 7) is 1.38. The van der Waals surface area contributed by atoms with Gasteiger partial charge in [-0.3, -0.25) is 0 Å². The Morgan fingerprint density at radius 1 is 1.33 bits per heavy atom. The fourth-order valence-corrected chi connectivity index (χ4v) is 1.64. The summed E-state index contributed by atoms with van der Waals surface area (Å²) in [5.74, 6) is 0.315. The van der Waals surface area contributed by atoms with Gasteiger partial charge in [0.15, 0.2) is 0 Å². The Bertz CT molecular complexity index is 315. The molecule has 2 rings (SSSR count). The average Bonchev–Trinajstić information content (AvgIpc) is 2.25. The van der Waals surface area contributed by atoms with E-state index in [1.54, 1.807) is 12.1 Å². The van der Waals surface area contributed by atoms with E-state index >= 15 is 0 Å². The number of piperidine rings is 1. The van der Waals surface area contributed by atoms with Crippen LogP contribution in [0.4, 0.5) is 4.39 Å². The van der Waals surface area contributed by atoms with Crippen molar-refractivity contribution in [2.45, 2.75) is 18.6 Å². The molecule has 1 fully saturated rings. The maximum atomic E-state index is 12.6. The molecule has 2 unspecified atom stereocenters. The SMILES string of the molecule is OC1CNCCC1Oc1ccc(F)cc1. The van der Waals surface area contributed by atoms with E-state index in [1.165, 1.54) is 12.1 Å². The summed E-state index contributed by atoms with van der Waals surface area (Å²) >= 11 is 0. The third kappa shape index (κ3) is 2.67. The fraction of sp³-hybridized carbons (Fsp3) is 0.455. The van der Waals surface area contributed by atoms with Gasteiger partial charge in [-0.25, -0.2) is 4.39 Å². The second-order valence-corrected chi connectivity index (χ2v) is 3.67. The Morgan fingerprint density at radius 3 is 2.73 bits per heavy atom. The second-order valence-electron chi connectivity index (χ2n) is 3.67. The number of hydrogen-bond acceptors (Lipinski definition) is 3. The topological polar surface area (TPSA) is 41.5 Å². The molecule has 1 heterocycles. The summed E-state index contributed by atoms with van der Waals surface area (Å²) in [7, 11) is 0. The molecule has 0 bridgehead atoms. The highest BCUT2D eigenvalue weighted by Crippen LogP contribution is 2.17. The molecule has 0 amide bonds. The standard InChI is InChI=1S/C11H14FNO2/c12-8-1-3-9(4-2-8)15-11-5-6-13-7-10(11)14/h1-4,10-11,13-14H,5-7H2. The van der Waals surface area contributed by atoms with Gasteiger partial charge in [-0.2, -0.15) is 0 Å². The third-order valence-electron chi connectivity index (χ3n) is 2.49. The molecule has 1 aliphatic rings. The van der Waals surface area contributed by atoms with Crippen molar-refractivity contribution in [2.24, 2.45) is 0 Å². The molecule has 3 nitrogen and oxygen atoms in total. The van der Waals surface area contributed by atoms with Gasteiger partial charge >= 0.3 is 0 Å². The van der Waals surface area contributed by atoms with Gasteiger partial charge in [0.05, 0.1) is 0 Å². The Morgan fingerprint density at radius 2 is 2.07 bits per heavy atom.